The van der Waals surface area contributed by atoms with E-state index in [1.807, 2.05) is 12.1 Å². The van der Waals surface area contributed by atoms with Crippen molar-refractivity contribution in [1.29, 1.82) is 0 Å². The number of carboxylic acids is 1. The summed E-state index contributed by atoms with van der Waals surface area (Å²) in [6.45, 7) is 0. The summed E-state index contributed by atoms with van der Waals surface area (Å²) in [5.74, 6) is -1.40. The predicted molar refractivity (Wildman–Crippen MR) is 69.8 cm³/mol. The lowest BCUT2D eigenvalue weighted by Gasteiger charge is -2.12. The summed E-state index contributed by atoms with van der Waals surface area (Å²) in [6.07, 6.45) is 3.77. The summed E-state index contributed by atoms with van der Waals surface area (Å²) in [7, 11) is 0. The maximum atomic E-state index is 11.3. The molecule has 0 aliphatic carbocycles. The number of halogens is 1. The highest BCUT2D eigenvalue weighted by Crippen LogP contribution is 2.22. The second-order valence-electron chi connectivity index (χ2n) is 4.00. The second-order valence-corrected chi connectivity index (χ2v) is 4.44. The second kappa shape index (κ2) is 5.65. The number of carboxylic acid groups (broad SMARTS) is 1. The Morgan fingerprint density at radius 2 is 1.78 bits per heavy atom. The van der Waals surface area contributed by atoms with Gasteiger partial charge in [-0.1, -0.05) is 23.7 Å². The van der Waals surface area contributed by atoms with E-state index >= 15 is 0 Å². The van der Waals surface area contributed by atoms with Gasteiger partial charge in [-0.15, -0.1) is 0 Å². The first kappa shape index (κ1) is 12.6. The minimum Gasteiger partial charge on any atom is -0.481 e. The molecule has 0 saturated heterocycles. The molecule has 0 saturated carbocycles. The molecule has 0 aliphatic heterocycles. The Labute approximate surface area is 110 Å². The summed E-state index contributed by atoms with van der Waals surface area (Å²) in [5, 5.41) is 9.91. The van der Waals surface area contributed by atoms with E-state index in [0.717, 1.165) is 11.1 Å². The van der Waals surface area contributed by atoms with Crippen LogP contribution in [0.2, 0.25) is 5.02 Å². The largest absolute Gasteiger partial charge is 0.481 e. The van der Waals surface area contributed by atoms with Gasteiger partial charge in [-0.25, -0.2) is 0 Å². The maximum absolute atomic E-state index is 11.3. The lowest BCUT2D eigenvalue weighted by molar-refractivity contribution is -0.138. The number of pyridine rings is 1. The van der Waals surface area contributed by atoms with Crippen molar-refractivity contribution in [3.63, 3.8) is 0 Å². The van der Waals surface area contributed by atoms with Crippen molar-refractivity contribution in [1.82, 2.24) is 4.98 Å². The topological polar surface area (TPSA) is 50.2 Å². The van der Waals surface area contributed by atoms with Gasteiger partial charge >= 0.3 is 5.97 Å². The number of hydrogen-bond acceptors (Lipinski definition) is 2. The Hall–Kier alpha value is -1.87. The highest BCUT2D eigenvalue weighted by atomic mass is 35.5. The van der Waals surface area contributed by atoms with Crippen LogP contribution in [0.25, 0.3) is 0 Å². The molecule has 1 aromatic heterocycles. The molecule has 0 radical (unpaired) electrons. The van der Waals surface area contributed by atoms with Gasteiger partial charge in [0.25, 0.3) is 0 Å². The zero-order valence-electron chi connectivity index (χ0n) is 9.58. The van der Waals surface area contributed by atoms with Gasteiger partial charge in [0.05, 0.1) is 5.92 Å². The van der Waals surface area contributed by atoms with Gasteiger partial charge in [0, 0.05) is 17.4 Å². The van der Waals surface area contributed by atoms with Gasteiger partial charge in [0.2, 0.25) is 0 Å². The van der Waals surface area contributed by atoms with Crippen LogP contribution in [0.5, 0.6) is 0 Å². The predicted octanol–water partition coefficient (Wildman–Crippen LogP) is 3.15. The van der Waals surface area contributed by atoms with E-state index in [1.165, 1.54) is 0 Å². The first-order chi connectivity index (χ1) is 8.66. The van der Waals surface area contributed by atoms with Crippen molar-refractivity contribution in [3.05, 3.63) is 64.9 Å². The number of nitrogens with zero attached hydrogens (tertiary/aromatic N) is 1. The van der Waals surface area contributed by atoms with E-state index in [2.05, 4.69) is 4.98 Å². The number of rotatable bonds is 4. The highest BCUT2D eigenvalue weighted by molar-refractivity contribution is 6.30. The Kier molecular flexibility index (Phi) is 3.95. The quantitative estimate of drug-likeness (QED) is 0.920. The van der Waals surface area contributed by atoms with Crippen LogP contribution in [0.4, 0.5) is 0 Å². The minimum atomic E-state index is -0.839. The van der Waals surface area contributed by atoms with Crippen LogP contribution in [-0.2, 0) is 11.2 Å². The molecule has 1 atom stereocenters. The molecule has 1 heterocycles. The van der Waals surface area contributed by atoms with Gasteiger partial charge in [-0.2, -0.15) is 0 Å². The molecule has 0 aliphatic rings. The van der Waals surface area contributed by atoms with Crippen LogP contribution in [0.3, 0.4) is 0 Å². The number of aromatic nitrogens is 1. The van der Waals surface area contributed by atoms with Crippen molar-refractivity contribution < 1.29 is 9.90 Å². The number of carbonyl (C=O) groups is 1. The third kappa shape index (κ3) is 3.08. The van der Waals surface area contributed by atoms with Crippen molar-refractivity contribution >= 4 is 17.6 Å². The fraction of sp³-hybridized carbons (Fsp3) is 0.143. The van der Waals surface area contributed by atoms with Crippen LogP contribution >= 0.6 is 11.6 Å². The molecular weight excluding hydrogens is 250 g/mol. The average Bonchev–Trinajstić information content (AvgIpc) is 2.38. The van der Waals surface area contributed by atoms with E-state index in [-0.39, 0.29) is 0 Å². The monoisotopic (exact) mass is 261 g/mol. The van der Waals surface area contributed by atoms with E-state index < -0.39 is 11.9 Å². The van der Waals surface area contributed by atoms with Gasteiger partial charge in [0.1, 0.15) is 0 Å². The van der Waals surface area contributed by atoms with E-state index in [9.17, 15) is 9.90 Å². The van der Waals surface area contributed by atoms with Crippen LogP contribution in [0.15, 0.2) is 48.8 Å². The first-order valence-corrected chi connectivity index (χ1v) is 5.92. The molecule has 3 nitrogen and oxygen atoms in total. The summed E-state index contributed by atoms with van der Waals surface area (Å²) in [4.78, 5) is 15.3. The summed E-state index contributed by atoms with van der Waals surface area (Å²) < 4.78 is 0. The normalized spacial score (nSPS) is 12.1. The summed E-state index contributed by atoms with van der Waals surface area (Å²) in [5.41, 5.74) is 1.70. The molecular formula is C14H12ClNO2. The van der Waals surface area contributed by atoms with Gasteiger partial charge in [-0.05, 0) is 41.8 Å². The molecule has 0 amide bonds. The molecule has 0 fully saturated rings. The number of benzene rings is 1. The smallest absolute Gasteiger partial charge is 0.311 e. The van der Waals surface area contributed by atoms with E-state index in [0.29, 0.717) is 11.4 Å². The molecule has 0 spiro atoms. The molecule has 2 aromatic rings. The highest BCUT2D eigenvalue weighted by Gasteiger charge is 2.20. The first-order valence-electron chi connectivity index (χ1n) is 5.54. The van der Waals surface area contributed by atoms with Crippen LogP contribution in [0.1, 0.15) is 17.0 Å². The van der Waals surface area contributed by atoms with Gasteiger partial charge < -0.3 is 5.11 Å². The fourth-order valence-electron chi connectivity index (χ4n) is 1.80. The standard InChI is InChI=1S/C14H12ClNO2/c15-12-3-1-11(2-4-12)13(14(17)18)9-10-5-7-16-8-6-10/h1-8,13H,9H2,(H,17,18)/t13-/m0/s1. The maximum Gasteiger partial charge on any atom is 0.311 e. The Bertz CT molecular complexity index is 525. The van der Waals surface area contributed by atoms with Crippen LogP contribution in [0, 0.1) is 0 Å². The Morgan fingerprint density at radius 3 is 2.33 bits per heavy atom. The number of hydrogen-bond donors (Lipinski definition) is 1. The van der Waals surface area contributed by atoms with Crippen molar-refractivity contribution in [2.45, 2.75) is 12.3 Å². The minimum absolute atomic E-state index is 0.444. The average molecular weight is 262 g/mol. The molecule has 92 valence electrons. The van der Waals surface area contributed by atoms with Crippen molar-refractivity contribution in [3.8, 4) is 0 Å². The third-order valence-corrected chi connectivity index (χ3v) is 3.01. The zero-order chi connectivity index (χ0) is 13.0. The fourth-order valence-corrected chi connectivity index (χ4v) is 1.92. The van der Waals surface area contributed by atoms with Gasteiger partial charge in [0.15, 0.2) is 0 Å². The summed E-state index contributed by atoms with van der Waals surface area (Å²) >= 11 is 5.80. The van der Waals surface area contributed by atoms with Gasteiger partial charge in [-0.3, -0.25) is 9.78 Å². The Balaban J connectivity index is 2.24. The molecule has 0 bridgehead atoms. The SMILES string of the molecule is O=C(O)[C@@H](Cc1ccncc1)c1ccc(Cl)cc1. The van der Waals surface area contributed by atoms with E-state index in [4.69, 9.17) is 11.6 Å². The number of aliphatic carboxylic acids is 1. The lowest BCUT2D eigenvalue weighted by atomic mass is 9.92. The summed E-state index contributed by atoms with van der Waals surface area (Å²) in [6, 6.07) is 10.6. The van der Waals surface area contributed by atoms with Crippen molar-refractivity contribution in [2.24, 2.45) is 0 Å². The van der Waals surface area contributed by atoms with Crippen molar-refractivity contribution in [2.75, 3.05) is 0 Å². The molecule has 4 heteroatoms. The molecule has 2 rings (SSSR count). The lowest BCUT2D eigenvalue weighted by Crippen LogP contribution is -2.14. The van der Waals surface area contributed by atoms with E-state index in [1.54, 1.807) is 36.7 Å². The zero-order valence-corrected chi connectivity index (χ0v) is 10.3. The third-order valence-electron chi connectivity index (χ3n) is 2.76. The molecule has 0 unspecified atom stereocenters. The molecule has 1 aromatic carbocycles. The van der Waals surface area contributed by atoms with Crippen LogP contribution < -0.4 is 0 Å². The molecule has 18 heavy (non-hydrogen) atoms. The molecule has 1 N–H and O–H groups in total. The van der Waals surface area contributed by atoms with Crippen LogP contribution in [-0.4, -0.2) is 16.1 Å². The Morgan fingerprint density at radius 1 is 1.17 bits per heavy atom.